The van der Waals surface area contributed by atoms with Crippen molar-refractivity contribution in [3.8, 4) is 11.5 Å². The van der Waals surface area contributed by atoms with Gasteiger partial charge in [-0.05, 0) is 17.7 Å². The number of carbonyl (C=O) groups excluding carboxylic acids is 3. The second kappa shape index (κ2) is 8.43. The summed E-state index contributed by atoms with van der Waals surface area (Å²) in [6.45, 7) is -0.371. The number of rotatable bonds is 7. The lowest BCUT2D eigenvalue weighted by molar-refractivity contribution is -0.130. The molecule has 0 saturated carbocycles. The number of benzene rings is 2. The molecule has 1 heterocycles. The molecule has 0 unspecified atom stereocenters. The Balaban J connectivity index is 1.62. The lowest BCUT2D eigenvalue weighted by Crippen LogP contribution is -2.38. The van der Waals surface area contributed by atoms with E-state index in [-0.39, 0.29) is 6.54 Å². The van der Waals surface area contributed by atoms with E-state index in [2.05, 4.69) is 10.6 Å². The topological polar surface area (TPSA) is 97.0 Å². The Labute approximate surface area is 162 Å². The van der Waals surface area contributed by atoms with Crippen molar-refractivity contribution in [3.63, 3.8) is 0 Å². The molecule has 1 fully saturated rings. The van der Waals surface area contributed by atoms with Gasteiger partial charge in [0.25, 0.3) is 5.91 Å². The zero-order valence-corrected chi connectivity index (χ0v) is 15.6. The number of carbonyl (C=O) groups is 3. The summed E-state index contributed by atoms with van der Waals surface area (Å²) in [5.41, 5.74) is 1.40. The lowest BCUT2D eigenvalue weighted by Gasteiger charge is -2.14. The van der Waals surface area contributed by atoms with Crippen LogP contribution in [0.5, 0.6) is 11.5 Å². The van der Waals surface area contributed by atoms with Crippen molar-refractivity contribution in [2.75, 3.05) is 26.1 Å². The molecule has 0 bridgehead atoms. The van der Waals surface area contributed by atoms with Crippen molar-refractivity contribution in [3.05, 3.63) is 54.1 Å². The van der Waals surface area contributed by atoms with E-state index < -0.39 is 23.9 Å². The van der Waals surface area contributed by atoms with Crippen LogP contribution in [-0.4, -0.2) is 49.6 Å². The highest BCUT2D eigenvalue weighted by Gasteiger charge is 2.38. The summed E-state index contributed by atoms with van der Waals surface area (Å²) >= 11 is 0. The Morgan fingerprint density at radius 1 is 1.07 bits per heavy atom. The van der Waals surface area contributed by atoms with Crippen molar-refractivity contribution >= 4 is 23.5 Å². The van der Waals surface area contributed by atoms with Crippen LogP contribution in [0.2, 0.25) is 0 Å². The fourth-order valence-corrected chi connectivity index (χ4v) is 2.97. The molecule has 8 heteroatoms. The van der Waals surface area contributed by atoms with Crippen LogP contribution in [0.25, 0.3) is 0 Å². The normalized spacial score (nSPS) is 15.9. The smallest absolute Gasteiger partial charge is 0.325 e. The Hall–Kier alpha value is -3.55. The van der Waals surface area contributed by atoms with Gasteiger partial charge in [-0.1, -0.05) is 30.3 Å². The van der Waals surface area contributed by atoms with E-state index in [0.29, 0.717) is 23.6 Å². The number of nitrogens with one attached hydrogen (secondary N) is 2. The Morgan fingerprint density at radius 2 is 1.79 bits per heavy atom. The highest BCUT2D eigenvalue weighted by molar-refractivity contribution is 6.08. The van der Waals surface area contributed by atoms with Gasteiger partial charge in [0.1, 0.15) is 12.6 Å². The molecule has 0 spiro atoms. The molecule has 0 aromatic heterocycles. The third-order valence-corrected chi connectivity index (χ3v) is 4.36. The van der Waals surface area contributed by atoms with Crippen LogP contribution in [0.4, 0.5) is 10.5 Å². The van der Waals surface area contributed by atoms with E-state index in [0.717, 1.165) is 10.5 Å². The van der Waals surface area contributed by atoms with Gasteiger partial charge in [-0.15, -0.1) is 0 Å². The maximum atomic E-state index is 12.5. The standard InChI is InChI=1S/C20H21N3O5/c1-27-16-9-8-14(11-17(16)28-2)21-18(24)12-23-19(25)15(22-20(23)26)10-13-6-4-3-5-7-13/h3-9,11,15H,10,12H2,1-2H3,(H,21,24)(H,22,26)/t15-/m1/s1. The SMILES string of the molecule is COc1ccc(NC(=O)CN2C(=O)N[C@H](Cc3ccccc3)C2=O)cc1OC. The molecule has 1 saturated heterocycles. The molecule has 1 atom stereocenters. The minimum absolute atomic E-state index is 0.371. The summed E-state index contributed by atoms with van der Waals surface area (Å²) in [5.74, 6) is 0.0731. The van der Waals surface area contributed by atoms with Gasteiger partial charge in [-0.2, -0.15) is 0 Å². The number of hydrogen-bond acceptors (Lipinski definition) is 5. The first-order chi connectivity index (χ1) is 13.5. The van der Waals surface area contributed by atoms with Crippen LogP contribution in [-0.2, 0) is 16.0 Å². The van der Waals surface area contributed by atoms with Crippen molar-refractivity contribution < 1.29 is 23.9 Å². The van der Waals surface area contributed by atoms with E-state index in [1.165, 1.54) is 14.2 Å². The van der Waals surface area contributed by atoms with Crippen LogP contribution >= 0.6 is 0 Å². The van der Waals surface area contributed by atoms with E-state index in [9.17, 15) is 14.4 Å². The molecule has 3 rings (SSSR count). The average Bonchev–Trinajstić information content (AvgIpc) is 2.96. The fourth-order valence-electron chi connectivity index (χ4n) is 2.97. The molecule has 0 aliphatic carbocycles. The minimum atomic E-state index is -0.677. The highest BCUT2D eigenvalue weighted by Crippen LogP contribution is 2.29. The summed E-state index contributed by atoms with van der Waals surface area (Å²) in [6, 6.07) is 13.0. The molecule has 1 aliphatic heterocycles. The summed E-state index contributed by atoms with van der Waals surface area (Å²) in [6.07, 6.45) is 0.374. The number of nitrogens with zero attached hydrogens (tertiary/aromatic N) is 1. The largest absolute Gasteiger partial charge is 0.493 e. The number of hydrogen-bond donors (Lipinski definition) is 2. The van der Waals surface area contributed by atoms with Gasteiger partial charge in [0.05, 0.1) is 14.2 Å². The molecule has 28 heavy (non-hydrogen) atoms. The monoisotopic (exact) mass is 383 g/mol. The summed E-state index contributed by atoms with van der Waals surface area (Å²) < 4.78 is 10.3. The first kappa shape index (κ1) is 19.2. The number of methoxy groups -OCH3 is 2. The average molecular weight is 383 g/mol. The van der Waals surface area contributed by atoms with Gasteiger partial charge in [0.2, 0.25) is 5.91 Å². The highest BCUT2D eigenvalue weighted by atomic mass is 16.5. The molecule has 2 aromatic rings. The number of urea groups is 1. The van der Waals surface area contributed by atoms with Crippen molar-refractivity contribution in [2.45, 2.75) is 12.5 Å². The Bertz CT molecular complexity index is 885. The van der Waals surface area contributed by atoms with E-state index in [4.69, 9.17) is 9.47 Å². The molecule has 2 aromatic carbocycles. The van der Waals surface area contributed by atoms with Gasteiger partial charge in [-0.25, -0.2) is 4.79 Å². The molecule has 1 aliphatic rings. The lowest BCUT2D eigenvalue weighted by atomic mass is 10.1. The Kier molecular flexibility index (Phi) is 5.78. The van der Waals surface area contributed by atoms with Gasteiger partial charge in [0.15, 0.2) is 11.5 Å². The van der Waals surface area contributed by atoms with Crippen LogP contribution < -0.4 is 20.1 Å². The third-order valence-electron chi connectivity index (χ3n) is 4.36. The minimum Gasteiger partial charge on any atom is -0.493 e. The van der Waals surface area contributed by atoms with Crippen LogP contribution in [0.3, 0.4) is 0 Å². The molecule has 146 valence electrons. The quantitative estimate of drug-likeness (QED) is 0.711. The first-order valence-electron chi connectivity index (χ1n) is 8.69. The molecule has 2 N–H and O–H groups in total. The second-order valence-corrected chi connectivity index (χ2v) is 6.23. The van der Waals surface area contributed by atoms with Crippen LogP contribution in [0.1, 0.15) is 5.56 Å². The predicted octanol–water partition coefficient (Wildman–Crippen LogP) is 1.81. The van der Waals surface area contributed by atoms with Gasteiger partial charge in [0, 0.05) is 18.2 Å². The van der Waals surface area contributed by atoms with Gasteiger partial charge >= 0.3 is 6.03 Å². The molecule has 8 nitrogen and oxygen atoms in total. The Morgan fingerprint density at radius 3 is 2.46 bits per heavy atom. The number of anilines is 1. The first-order valence-corrected chi connectivity index (χ1v) is 8.69. The van der Waals surface area contributed by atoms with Gasteiger partial charge < -0.3 is 20.1 Å². The van der Waals surface area contributed by atoms with Gasteiger partial charge in [-0.3, -0.25) is 14.5 Å². The van der Waals surface area contributed by atoms with Crippen molar-refractivity contribution in [1.82, 2.24) is 10.2 Å². The number of amides is 4. The zero-order valence-electron chi connectivity index (χ0n) is 15.6. The second-order valence-electron chi connectivity index (χ2n) is 6.23. The summed E-state index contributed by atoms with van der Waals surface area (Å²) in [4.78, 5) is 37.9. The zero-order chi connectivity index (χ0) is 20.1. The maximum absolute atomic E-state index is 12.5. The van der Waals surface area contributed by atoms with Crippen molar-refractivity contribution in [1.29, 1.82) is 0 Å². The number of imide groups is 1. The van der Waals surface area contributed by atoms with Crippen LogP contribution in [0, 0.1) is 0 Å². The number of ether oxygens (including phenoxy) is 2. The van der Waals surface area contributed by atoms with E-state index in [1.54, 1.807) is 18.2 Å². The van der Waals surface area contributed by atoms with E-state index in [1.807, 2.05) is 30.3 Å². The van der Waals surface area contributed by atoms with Crippen molar-refractivity contribution in [2.24, 2.45) is 0 Å². The maximum Gasteiger partial charge on any atom is 0.325 e. The van der Waals surface area contributed by atoms with Crippen LogP contribution in [0.15, 0.2) is 48.5 Å². The molecule has 4 amide bonds. The molecule has 0 radical (unpaired) electrons. The summed E-state index contributed by atoms with van der Waals surface area (Å²) in [7, 11) is 3.00. The third kappa shape index (κ3) is 4.22. The molecular weight excluding hydrogens is 362 g/mol. The predicted molar refractivity (Wildman–Crippen MR) is 102 cm³/mol. The fraction of sp³-hybridized carbons (Fsp3) is 0.250. The summed E-state index contributed by atoms with van der Waals surface area (Å²) in [5, 5.41) is 5.28. The van der Waals surface area contributed by atoms with E-state index >= 15 is 0 Å². The molecular formula is C20H21N3O5.